The molecule has 0 aromatic heterocycles. The third-order valence-corrected chi connectivity index (χ3v) is 6.63. The van der Waals surface area contributed by atoms with Crippen LogP contribution >= 0.6 is 0 Å². The zero-order valence-corrected chi connectivity index (χ0v) is 14.8. The van der Waals surface area contributed by atoms with E-state index in [1.54, 1.807) is 0 Å². The molecular formula is C19H32N2O3. The highest BCUT2D eigenvalue weighted by Gasteiger charge is 2.41. The highest BCUT2D eigenvalue weighted by atomic mass is 16.7. The second kappa shape index (κ2) is 7.30. The number of rotatable bonds is 3. The average molecular weight is 336 g/mol. The Bertz CT molecular complexity index is 438. The number of nitrogens with zero attached hydrogens (tertiary/aromatic N) is 1. The number of fused-ring (bicyclic) bond motifs is 1. The van der Waals surface area contributed by atoms with Gasteiger partial charge in [-0.2, -0.15) is 0 Å². The molecule has 0 aromatic rings. The molecule has 4 rings (SSSR count). The van der Waals surface area contributed by atoms with Crippen molar-refractivity contribution in [2.45, 2.75) is 82.1 Å². The topological polar surface area (TPSA) is 50.8 Å². The van der Waals surface area contributed by atoms with E-state index in [0.717, 1.165) is 38.1 Å². The Hall–Kier alpha value is -0.650. The van der Waals surface area contributed by atoms with E-state index in [2.05, 4.69) is 10.2 Å². The number of hydrogen-bond acceptors (Lipinski definition) is 4. The van der Waals surface area contributed by atoms with E-state index in [4.69, 9.17) is 9.47 Å². The van der Waals surface area contributed by atoms with Crippen LogP contribution in [0.1, 0.15) is 64.2 Å². The lowest BCUT2D eigenvalue weighted by Crippen LogP contribution is -2.52. The summed E-state index contributed by atoms with van der Waals surface area (Å²) >= 11 is 0. The molecule has 4 aliphatic rings. The van der Waals surface area contributed by atoms with Crippen molar-refractivity contribution < 1.29 is 14.3 Å². The molecule has 4 fully saturated rings. The minimum absolute atomic E-state index is 0.218. The molecule has 5 heteroatoms. The smallest absolute Gasteiger partial charge is 0.234 e. The van der Waals surface area contributed by atoms with Crippen molar-refractivity contribution in [1.29, 1.82) is 0 Å². The Morgan fingerprint density at radius 3 is 2.50 bits per heavy atom. The fraction of sp³-hybridized carbons (Fsp3) is 0.947. The van der Waals surface area contributed by atoms with Crippen molar-refractivity contribution >= 4 is 5.91 Å². The first-order chi connectivity index (χ1) is 11.7. The van der Waals surface area contributed by atoms with Crippen molar-refractivity contribution in [2.24, 2.45) is 5.92 Å². The van der Waals surface area contributed by atoms with Crippen molar-refractivity contribution in [1.82, 2.24) is 10.2 Å². The standard InChI is InChI=1S/C19H32N2O3/c22-18(14-21-11-3-5-15-4-1-2-6-17(15)21)20-16-7-9-19(10-8-16)23-12-13-24-19/h15-17H,1-14H2,(H,20,22)/t15-,17-/m1/s1. The van der Waals surface area contributed by atoms with Gasteiger partial charge < -0.3 is 14.8 Å². The second-order valence-corrected chi connectivity index (χ2v) is 8.17. The third kappa shape index (κ3) is 3.63. The molecule has 0 aromatic carbocycles. The third-order valence-electron chi connectivity index (χ3n) is 6.63. The lowest BCUT2D eigenvalue weighted by molar-refractivity contribution is -0.180. The van der Waals surface area contributed by atoms with Crippen LogP contribution in [0.25, 0.3) is 0 Å². The van der Waals surface area contributed by atoms with Gasteiger partial charge in [0.15, 0.2) is 5.79 Å². The summed E-state index contributed by atoms with van der Waals surface area (Å²) < 4.78 is 11.5. The fourth-order valence-corrected chi connectivity index (χ4v) is 5.37. The van der Waals surface area contributed by atoms with E-state index in [1.807, 2.05) is 0 Å². The second-order valence-electron chi connectivity index (χ2n) is 8.17. The number of hydrogen-bond donors (Lipinski definition) is 1. The molecule has 0 unspecified atom stereocenters. The number of nitrogens with one attached hydrogen (secondary N) is 1. The van der Waals surface area contributed by atoms with Crippen molar-refractivity contribution in [3.05, 3.63) is 0 Å². The van der Waals surface area contributed by atoms with Gasteiger partial charge in [-0.05, 0) is 51.0 Å². The summed E-state index contributed by atoms with van der Waals surface area (Å²) in [5, 5.41) is 3.28. The van der Waals surface area contributed by atoms with Crippen LogP contribution in [0.5, 0.6) is 0 Å². The van der Waals surface area contributed by atoms with Gasteiger partial charge in [0, 0.05) is 24.9 Å². The van der Waals surface area contributed by atoms with Gasteiger partial charge in [-0.15, -0.1) is 0 Å². The van der Waals surface area contributed by atoms with Crippen molar-refractivity contribution in [3.8, 4) is 0 Å². The molecule has 1 N–H and O–H groups in total. The van der Waals surface area contributed by atoms with E-state index >= 15 is 0 Å². The lowest BCUT2D eigenvalue weighted by atomic mass is 9.78. The zero-order chi connectivity index (χ0) is 16.4. The highest BCUT2D eigenvalue weighted by Crippen LogP contribution is 2.36. The molecule has 0 bridgehead atoms. The first-order valence-corrected chi connectivity index (χ1v) is 10.1. The molecule has 2 saturated carbocycles. The van der Waals surface area contributed by atoms with Gasteiger partial charge in [0.1, 0.15) is 0 Å². The van der Waals surface area contributed by atoms with Crippen LogP contribution in [-0.4, -0.2) is 55.0 Å². The minimum Gasteiger partial charge on any atom is -0.352 e. The predicted octanol–water partition coefficient (Wildman–Crippen LogP) is 2.44. The number of amides is 1. The van der Waals surface area contributed by atoms with Crippen LogP contribution in [0.15, 0.2) is 0 Å². The maximum absolute atomic E-state index is 12.6. The Morgan fingerprint density at radius 2 is 1.71 bits per heavy atom. The summed E-state index contributed by atoms with van der Waals surface area (Å²) in [5.41, 5.74) is 0. The maximum atomic E-state index is 12.6. The van der Waals surface area contributed by atoms with Crippen LogP contribution in [0.4, 0.5) is 0 Å². The van der Waals surface area contributed by atoms with Crippen LogP contribution in [0, 0.1) is 5.92 Å². The Balaban J connectivity index is 1.24. The van der Waals surface area contributed by atoms with Crippen LogP contribution < -0.4 is 5.32 Å². The van der Waals surface area contributed by atoms with Crippen LogP contribution in [0.3, 0.4) is 0 Å². The molecule has 24 heavy (non-hydrogen) atoms. The molecule has 136 valence electrons. The fourth-order valence-electron chi connectivity index (χ4n) is 5.37. The molecule has 2 aliphatic heterocycles. The van der Waals surface area contributed by atoms with Crippen molar-refractivity contribution in [2.75, 3.05) is 26.3 Å². The quantitative estimate of drug-likeness (QED) is 0.860. The van der Waals surface area contributed by atoms with Gasteiger partial charge in [-0.3, -0.25) is 9.69 Å². The molecule has 5 nitrogen and oxygen atoms in total. The first-order valence-electron chi connectivity index (χ1n) is 10.1. The normalized spacial score (nSPS) is 34.2. The SMILES string of the molecule is O=C(CN1CCC[C@H]2CCCC[C@H]21)NC1CCC2(CC1)OCCO2. The first kappa shape index (κ1) is 16.8. The summed E-state index contributed by atoms with van der Waals surface area (Å²) in [6, 6.07) is 0.955. The summed E-state index contributed by atoms with van der Waals surface area (Å²) in [4.78, 5) is 15.0. The largest absolute Gasteiger partial charge is 0.352 e. The molecule has 2 saturated heterocycles. The van der Waals surface area contributed by atoms with Gasteiger partial charge in [0.05, 0.1) is 19.8 Å². The molecule has 2 aliphatic carbocycles. The molecule has 2 atom stereocenters. The van der Waals surface area contributed by atoms with E-state index in [1.165, 1.54) is 38.5 Å². The molecule has 1 spiro atoms. The van der Waals surface area contributed by atoms with E-state index in [0.29, 0.717) is 31.8 Å². The van der Waals surface area contributed by atoms with Gasteiger partial charge in [-0.1, -0.05) is 12.8 Å². The Labute approximate surface area is 145 Å². The zero-order valence-electron chi connectivity index (χ0n) is 14.8. The van der Waals surface area contributed by atoms with Crippen LogP contribution in [0.2, 0.25) is 0 Å². The molecule has 0 radical (unpaired) electrons. The Morgan fingerprint density at radius 1 is 1.00 bits per heavy atom. The summed E-state index contributed by atoms with van der Waals surface area (Å²) in [5.74, 6) is 0.727. The lowest BCUT2D eigenvalue weighted by Gasteiger charge is -2.44. The number of piperidine rings is 1. The van der Waals surface area contributed by atoms with Gasteiger partial charge in [-0.25, -0.2) is 0 Å². The number of likely N-dealkylation sites (tertiary alicyclic amines) is 1. The Kier molecular flexibility index (Phi) is 5.11. The monoisotopic (exact) mass is 336 g/mol. The van der Waals surface area contributed by atoms with Gasteiger partial charge >= 0.3 is 0 Å². The van der Waals surface area contributed by atoms with Gasteiger partial charge in [0.2, 0.25) is 5.91 Å². The highest BCUT2D eigenvalue weighted by molar-refractivity contribution is 5.78. The molecule has 1 amide bonds. The maximum Gasteiger partial charge on any atom is 0.234 e. The van der Waals surface area contributed by atoms with Crippen molar-refractivity contribution in [3.63, 3.8) is 0 Å². The minimum atomic E-state index is -0.330. The van der Waals surface area contributed by atoms with E-state index in [9.17, 15) is 4.79 Å². The number of carbonyl (C=O) groups excluding carboxylic acids is 1. The summed E-state index contributed by atoms with van der Waals surface area (Å²) in [6.45, 7) is 3.13. The summed E-state index contributed by atoms with van der Waals surface area (Å²) in [6.07, 6.45) is 11.8. The van der Waals surface area contributed by atoms with E-state index < -0.39 is 0 Å². The van der Waals surface area contributed by atoms with Gasteiger partial charge in [0.25, 0.3) is 0 Å². The molecule has 2 heterocycles. The number of carbonyl (C=O) groups is 1. The number of ether oxygens (including phenoxy) is 2. The van der Waals surface area contributed by atoms with E-state index in [-0.39, 0.29) is 11.7 Å². The predicted molar refractivity (Wildman–Crippen MR) is 91.6 cm³/mol. The molecular weight excluding hydrogens is 304 g/mol. The van der Waals surface area contributed by atoms with Crippen LogP contribution in [-0.2, 0) is 14.3 Å². The average Bonchev–Trinajstić information content (AvgIpc) is 3.06. The summed E-state index contributed by atoms with van der Waals surface area (Å²) in [7, 11) is 0.